The van der Waals surface area contributed by atoms with Gasteiger partial charge in [-0.1, -0.05) is 0 Å². The van der Waals surface area contributed by atoms with Gasteiger partial charge in [-0.25, -0.2) is 0 Å². The summed E-state index contributed by atoms with van der Waals surface area (Å²) in [6.45, 7) is 1.11. The molecule has 9 heavy (non-hydrogen) atoms. The molecule has 0 aliphatic heterocycles. The molecule has 0 aromatic carbocycles. The fraction of sp³-hybridized carbons (Fsp3) is 1.00. The summed E-state index contributed by atoms with van der Waals surface area (Å²) in [7, 11) is 6.16. The number of hydrogen-bond donors (Lipinski definition) is 1. The number of hydrogen-bond acceptors (Lipinski definition) is 1. The molecule has 0 radical (unpaired) electrons. The van der Waals surface area contributed by atoms with Crippen LogP contribution in [0.3, 0.4) is 0 Å². The van der Waals surface area contributed by atoms with E-state index in [1.165, 1.54) is 0 Å². The molecule has 0 aliphatic rings. The predicted octanol–water partition coefficient (Wildman–Crippen LogP) is -0.851. The summed E-state index contributed by atoms with van der Waals surface area (Å²) in [6.07, 6.45) is 0. The topological polar surface area (TPSA) is 20.2 Å². The monoisotopic (exact) mass is 162 g/mol. The molecular formula is C5H17NNaOS+. The van der Waals surface area contributed by atoms with E-state index in [-0.39, 0.29) is 49.7 Å². The Kier molecular flexibility index (Phi) is 13.7. The van der Waals surface area contributed by atoms with Crippen LogP contribution in [-0.2, 0) is 0 Å². The summed E-state index contributed by atoms with van der Waals surface area (Å²) >= 11 is 0. The molecule has 0 saturated carbocycles. The Labute approximate surface area is 86.6 Å². The third-order valence-corrected chi connectivity index (χ3v) is 0.771. The van der Waals surface area contributed by atoms with Crippen LogP contribution in [0.15, 0.2) is 0 Å². The van der Waals surface area contributed by atoms with E-state index in [1.54, 1.807) is 0 Å². The fourth-order valence-electron chi connectivity index (χ4n) is 0.300. The van der Waals surface area contributed by atoms with Crippen molar-refractivity contribution in [2.45, 2.75) is 0 Å². The van der Waals surface area contributed by atoms with Gasteiger partial charge in [0.1, 0.15) is 6.54 Å². The molecular weight excluding hydrogens is 145 g/mol. The first kappa shape index (κ1) is 16.7. The van der Waals surface area contributed by atoms with Gasteiger partial charge < -0.3 is 9.59 Å². The first-order valence-corrected chi connectivity index (χ1v) is 2.47. The second-order valence-corrected chi connectivity index (χ2v) is 2.74. The van der Waals surface area contributed by atoms with E-state index in [0.29, 0.717) is 0 Å². The van der Waals surface area contributed by atoms with E-state index in [9.17, 15) is 0 Å². The molecule has 0 bridgehead atoms. The molecule has 0 heterocycles. The Hall–Kier alpha value is 1.27. The zero-order chi connectivity index (χ0) is 5.91. The van der Waals surface area contributed by atoms with Crippen molar-refractivity contribution in [3.8, 4) is 0 Å². The summed E-state index contributed by atoms with van der Waals surface area (Å²) < 4.78 is 0.844. The van der Waals surface area contributed by atoms with Crippen molar-refractivity contribution >= 4 is 43.1 Å². The Balaban J connectivity index is -0.000000180. The van der Waals surface area contributed by atoms with Crippen LogP contribution in [0.4, 0.5) is 0 Å². The summed E-state index contributed by atoms with van der Waals surface area (Å²) in [6, 6.07) is 0. The average molecular weight is 162 g/mol. The molecule has 0 unspecified atom stereocenters. The number of aliphatic hydroxyl groups excluding tert-OH is 1. The molecule has 0 fully saturated rings. The Morgan fingerprint density at radius 2 is 1.56 bits per heavy atom. The van der Waals surface area contributed by atoms with Gasteiger partial charge in [0, 0.05) is 0 Å². The Morgan fingerprint density at radius 3 is 1.56 bits per heavy atom. The average Bonchev–Trinajstić information content (AvgIpc) is 1.30. The molecule has 0 saturated heterocycles. The van der Waals surface area contributed by atoms with Gasteiger partial charge >= 0.3 is 29.6 Å². The van der Waals surface area contributed by atoms with E-state index in [2.05, 4.69) is 21.1 Å². The molecule has 0 spiro atoms. The molecule has 0 rings (SSSR count). The number of quaternary nitrogens is 1. The van der Waals surface area contributed by atoms with Gasteiger partial charge in [-0.15, -0.1) is 0 Å². The summed E-state index contributed by atoms with van der Waals surface area (Å²) in [5, 5.41) is 8.39. The van der Waals surface area contributed by atoms with Gasteiger partial charge in [0.2, 0.25) is 0 Å². The van der Waals surface area contributed by atoms with Crippen LogP contribution in [0.25, 0.3) is 0 Å². The minimum atomic E-state index is 0. The van der Waals surface area contributed by atoms with Crippen LogP contribution in [0, 0.1) is 0 Å². The Bertz CT molecular complexity index is 55.4. The first-order valence-electron chi connectivity index (χ1n) is 2.47. The van der Waals surface area contributed by atoms with E-state index >= 15 is 0 Å². The number of nitrogens with zero attached hydrogens (tertiary/aromatic N) is 1. The van der Waals surface area contributed by atoms with Crippen LogP contribution in [0.5, 0.6) is 0 Å². The molecule has 2 nitrogen and oxygen atoms in total. The van der Waals surface area contributed by atoms with Crippen LogP contribution in [-0.4, -0.2) is 73.4 Å². The molecule has 0 atom stereocenters. The van der Waals surface area contributed by atoms with E-state index < -0.39 is 0 Å². The van der Waals surface area contributed by atoms with Gasteiger partial charge in [-0.05, 0) is 0 Å². The van der Waals surface area contributed by atoms with Crippen molar-refractivity contribution < 1.29 is 9.59 Å². The molecule has 54 valence electrons. The van der Waals surface area contributed by atoms with E-state index in [4.69, 9.17) is 5.11 Å². The van der Waals surface area contributed by atoms with Gasteiger partial charge in [-0.2, -0.15) is 13.5 Å². The van der Waals surface area contributed by atoms with Crippen LogP contribution in [0.2, 0.25) is 0 Å². The van der Waals surface area contributed by atoms with Crippen LogP contribution in [0.1, 0.15) is 0 Å². The first-order chi connectivity index (χ1) is 3.06. The summed E-state index contributed by atoms with van der Waals surface area (Å²) in [4.78, 5) is 0. The maximum absolute atomic E-state index is 8.39. The zero-order valence-corrected chi connectivity index (χ0v) is 6.81. The molecule has 1 N–H and O–H groups in total. The standard InChI is InChI=1S/C5H14NO.Na.H2S.H/c1-6(2,3)4-5-7;;;/h7H,4-5H2,1-3H3;;1H2;/q+1;;;. The van der Waals surface area contributed by atoms with E-state index in [1.807, 2.05) is 0 Å². The number of aliphatic hydroxyl groups is 1. The second-order valence-electron chi connectivity index (χ2n) is 2.74. The van der Waals surface area contributed by atoms with E-state index in [0.717, 1.165) is 11.0 Å². The van der Waals surface area contributed by atoms with Crippen LogP contribution >= 0.6 is 13.5 Å². The van der Waals surface area contributed by atoms with Gasteiger partial charge in [0.25, 0.3) is 0 Å². The summed E-state index contributed by atoms with van der Waals surface area (Å²) in [5.74, 6) is 0. The second kappa shape index (κ2) is 7.38. The third kappa shape index (κ3) is 17.6. The van der Waals surface area contributed by atoms with Crippen LogP contribution < -0.4 is 0 Å². The van der Waals surface area contributed by atoms with Gasteiger partial charge in [0.05, 0.1) is 27.7 Å². The normalized spacial score (nSPS) is 9.33. The number of rotatable bonds is 2. The Morgan fingerprint density at radius 1 is 1.22 bits per heavy atom. The van der Waals surface area contributed by atoms with Gasteiger partial charge in [-0.3, -0.25) is 0 Å². The fourth-order valence-corrected chi connectivity index (χ4v) is 0.300. The SMILES string of the molecule is C[N+](C)(C)CCO.S.[NaH]. The minimum absolute atomic E-state index is 0. The van der Waals surface area contributed by atoms with Crippen molar-refractivity contribution in [1.82, 2.24) is 0 Å². The predicted molar refractivity (Wildman–Crippen MR) is 47.5 cm³/mol. The quantitative estimate of drug-likeness (QED) is 0.414. The molecule has 0 aromatic heterocycles. The molecule has 0 aliphatic carbocycles. The third-order valence-electron chi connectivity index (χ3n) is 0.771. The molecule has 0 aromatic rings. The number of likely N-dealkylation sites (N-methyl/N-ethyl adjacent to an activating group) is 1. The van der Waals surface area contributed by atoms with Gasteiger partial charge in [0.15, 0.2) is 0 Å². The maximum atomic E-state index is 8.39. The van der Waals surface area contributed by atoms with Crippen molar-refractivity contribution in [3.63, 3.8) is 0 Å². The van der Waals surface area contributed by atoms with Crippen molar-refractivity contribution in [1.29, 1.82) is 0 Å². The van der Waals surface area contributed by atoms with Crippen molar-refractivity contribution in [2.24, 2.45) is 0 Å². The zero-order valence-electron chi connectivity index (χ0n) is 5.81. The molecule has 4 heteroatoms. The van der Waals surface area contributed by atoms with Crippen molar-refractivity contribution in [2.75, 3.05) is 34.3 Å². The summed E-state index contributed by atoms with van der Waals surface area (Å²) in [5.41, 5.74) is 0. The van der Waals surface area contributed by atoms with Crippen molar-refractivity contribution in [3.05, 3.63) is 0 Å². The molecule has 0 amide bonds.